The van der Waals surface area contributed by atoms with Crippen molar-refractivity contribution in [2.45, 2.75) is 25.7 Å². The van der Waals surface area contributed by atoms with Gasteiger partial charge >= 0.3 is 0 Å². The lowest BCUT2D eigenvalue weighted by molar-refractivity contribution is 0.0938. The van der Waals surface area contributed by atoms with Crippen LogP contribution in [-0.2, 0) is 0 Å². The van der Waals surface area contributed by atoms with Gasteiger partial charge in [0.2, 0.25) is 0 Å². The second kappa shape index (κ2) is 4.28. The van der Waals surface area contributed by atoms with Crippen LogP contribution in [0.25, 0.3) is 10.8 Å². The zero-order valence-electron chi connectivity index (χ0n) is 9.73. The minimum absolute atomic E-state index is 0.249. The molecular formula is C15H15NO. The molecule has 0 amide bonds. The molecule has 0 aliphatic heterocycles. The third-order valence-corrected chi connectivity index (χ3v) is 3.67. The Morgan fingerprint density at radius 3 is 2.82 bits per heavy atom. The van der Waals surface area contributed by atoms with E-state index in [-0.39, 0.29) is 5.78 Å². The van der Waals surface area contributed by atoms with Gasteiger partial charge in [-0.25, -0.2) is 0 Å². The molecule has 86 valence electrons. The number of aromatic nitrogens is 1. The Morgan fingerprint density at radius 2 is 2.06 bits per heavy atom. The Kier molecular flexibility index (Phi) is 2.63. The van der Waals surface area contributed by atoms with Gasteiger partial charge in [-0.15, -0.1) is 0 Å². The van der Waals surface area contributed by atoms with Gasteiger partial charge < -0.3 is 0 Å². The van der Waals surface area contributed by atoms with Crippen LogP contribution in [0.5, 0.6) is 0 Å². The van der Waals surface area contributed by atoms with Gasteiger partial charge in [-0.1, -0.05) is 43.5 Å². The van der Waals surface area contributed by atoms with Crippen molar-refractivity contribution in [2.24, 2.45) is 5.92 Å². The largest absolute Gasteiger partial charge is 0.294 e. The van der Waals surface area contributed by atoms with E-state index in [0.717, 1.165) is 16.3 Å². The lowest BCUT2D eigenvalue weighted by Gasteiger charge is -2.24. The van der Waals surface area contributed by atoms with Crippen molar-refractivity contribution in [3.63, 3.8) is 0 Å². The second-order valence-corrected chi connectivity index (χ2v) is 4.83. The third-order valence-electron chi connectivity index (χ3n) is 3.67. The molecule has 0 N–H and O–H groups in total. The fourth-order valence-electron chi connectivity index (χ4n) is 2.41. The molecule has 1 saturated carbocycles. The maximum atomic E-state index is 12.2. The van der Waals surface area contributed by atoms with Crippen molar-refractivity contribution in [2.75, 3.05) is 0 Å². The molecule has 1 aromatic heterocycles. The van der Waals surface area contributed by atoms with Crippen LogP contribution in [0.1, 0.15) is 36.0 Å². The van der Waals surface area contributed by atoms with Gasteiger partial charge in [-0.2, -0.15) is 0 Å². The molecule has 1 fully saturated rings. The zero-order chi connectivity index (χ0) is 11.7. The Hall–Kier alpha value is -1.70. The molecule has 1 heterocycles. The van der Waals surface area contributed by atoms with E-state index in [1.54, 1.807) is 6.20 Å². The minimum atomic E-state index is 0.249. The van der Waals surface area contributed by atoms with Crippen LogP contribution in [0.4, 0.5) is 0 Å². The van der Waals surface area contributed by atoms with E-state index >= 15 is 0 Å². The molecule has 0 radical (unpaired) electrons. The van der Waals surface area contributed by atoms with Crippen LogP contribution in [0, 0.1) is 5.92 Å². The van der Waals surface area contributed by atoms with Crippen molar-refractivity contribution >= 4 is 16.6 Å². The smallest absolute Gasteiger partial charge is 0.165 e. The quantitative estimate of drug-likeness (QED) is 0.747. The van der Waals surface area contributed by atoms with E-state index in [2.05, 4.69) is 4.98 Å². The molecule has 2 nitrogen and oxygen atoms in total. The van der Waals surface area contributed by atoms with E-state index in [1.807, 2.05) is 30.5 Å². The van der Waals surface area contributed by atoms with E-state index in [4.69, 9.17) is 0 Å². The van der Waals surface area contributed by atoms with Crippen LogP contribution in [0.15, 0.2) is 36.7 Å². The first-order chi connectivity index (χ1) is 8.34. The van der Waals surface area contributed by atoms with Gasteiger partial charge in [-0.3, -0.25) is 9.78 Å². The highest BCUT2D eigenvalue weighted by molar-refractivity contribution is 6.07. The van der Waals surface area contributed by atoms with Gasteiger partial charge in [0.25, 0.3) is 0 Å². The maximum Gasteiger partial charge on any atom is 0.165 e. The predicted octanol–water partition coefficient (Wildman–Crippen LogP) is 3.61. The number of pyridine rings is 1. The highest BCUT2D eigenvalue weighted by Crippen LogP contribution is 2.31. The molecule has 0 atom stereocenters. The summed E-state index contributed by atoms with van der Waals surface area (Å²) < 4.78 is 0. The summed E-state index contributed by atoms with van der Waals surface area (Å²) in [7, 11) is 0. The predicted molar refractivity (Wildman–Crippen MR) is 68.0 cm³/mol. The summed E-state index contributed by atoms with van der Waals surface area (Å²) in [5.74, 6) is 0.862. The average molecular weight is 225 g/mol. The maximum absolute atomic E-state index is 12.2. The standard InChI is InChI=1S/C15H15NO/c17-15(8-11-4-3-5-11)14-10-16-9-12-6-1-2-7-13(12)14/h1-2,6-7,9-11H,3-5,8H2. The average Bonchev–Trinajstić information content (AvgIpc) is 2.33. The molecule has 1 aliphatic rings. The SMILES string of the molecule is O=C(CC1CCC1)c1cncc2ccccc12. The second-order valence-electron chi connectivity index (χ2n) is 4.83. The van der Waals surface area contributed by atoms with E-state index in [1.165, 1.54) is 19.3 Å². The molecule has 0 unspecified atom stereocenters. The Labute approximate surface area is 101 Å². The lowest BCUT2D eigenvalue weighted by atomic mass is 9.81. The molecule has 2 aromatic rings. The number of nitrogens with zero attached hydrogens (tertiary/aromatic N) is 1. The van der Waals surface area contributed by atoms with E-state index in [0.29, 0.717) is 12.3 Å². The molecule has 1 aliphatic carbocycles. The molecule has 2 heteroatoms. The van der Waals surface area contributed by atoms with Gasteiger partial charge in [0.05, 0.1) is 0 Å². The van der Waals surface area contributed by atoms with Gasteiger partial charge in [0.1, 0.15) is 0 Å². The molecule has 3 rings (SSSR count). The minimum Gasteiger partial charge on any atom is -0.294 e. The van der Waals surface area contributed by atoms with Crippen molar-refractivity contribution in [3.05, 3.63) is 42.2 Å². The van der Waals surface area contributed by atoms with E-state index < -0.39 is 0 Å². The number of carbonyl (C=O) groups excluding carboxylic acids is 1. The summed E-state index contributed by atoms with van der Waals surface area (Å²) >= 11 is 0. The first-order valence-electron chi connectivity index (χ1n) is 6.20. The molecular weight excluding hydrogens is 210 g/mol. The molecule has 17 heavy (non-hydrogen) atoms. The van der Waals surface area contributed by atoms with Gasteiger partial charge in [0.15, 0.2) is 5.78 Å². The number of fused-ring (bicyclic) bond motifs is 1. The van der Waals surface area contributed by atoms with Crippen LogP contribution in [0.2, 0.25) is 0 Å². The molecule has 1 aromatic carbocycles. The Bertz CT molecular complexity index is 552. The van der Waals surface area contributed by atoms with Crippen molar-refractivity contribution in [1.82, 2.24) is 4.98 Å². The molecule has 0 bridgehead atoms. The van der Waals surface area contributed by atoms with Crippen LogP contribution < -0.4 is 0 Å². The van der Waals surface area contributed by atoms with Crippen LogP contribution in [-0.4, -0.2) is 10.8 Å². The lowest BCUT2D eigenvalue weighted by Crippen LogP contribution is -2.16. The monoisotopic (exact) mass is 225 g/mol. The normalized spacial score (nSPS) is 15.8. The van der Waals surface area contributed by atoms with Gasteiger partial charge in [0, 0.05) is 29.8 Å². The fraction of sp³-hybridized carbons (Fsp3) is 0.333. The van der Waals surface area contributed by atoms with Crippen LogP contribution >= 0.6 is 0 Å². The number of carbonyl (C=O) groups is 1. The number of hydrogen-bond donors (Lipinski definition) is 0. The Balaban J connectivity index is 1.95. The zero-order valence-corrected chi connectivity index (χ0v) is 9.73. The fourth-order valence-corrected chi connectivity index (χ4v) is 2.41. The number of ketones is 1. The summed E-state index contributed by atoms with van der Waals surface area (Å²) in [6, 6.07) is 7.96. The number of hydrogen-bond acceptors (Lipinski definition) is 2. The third kappa shape index (κ3) is 1.95. The Morgan fingerprint density at radius 1 is 1.24 bits per heavy atom. The first-order valence-corrected chi connectivity index (χ1v) is 6.20. The number of Topliss-reactive ketones (excluding diaryl/α,β-unsaturated/α-hetero) is 1. The topological polar surface area (TPSA) is 30.0 Å². The highest BCUT2D eigenvalue weighted by atomic mass is 16.1. The molecule has 0 saturated heterocycles. The number of benzene rings is 1. The number of rotatable bonds is 3. The first kappa shape index (κ1) is 10.5. The van der Waals surface area contributed by atoms with Crippen molar-refractivity contribution in [1.29, 1.82) is 0 Å². The summed E-state index contributed by atoms with van der Waals surface area (Å²) in [5, 5.41) is 2.08. The summed E-state index contributed by atoms with van der Waals surface area (Å²) in [5.41, 5.74) is 0.787. The highest BCUT2D eigenvalue weighted by Gasteiger charge is 2.22. The summed E-state index contributed by atoms with van der Waals surface area (Å²) in [6.45, 7) is 0. The van der Waals surface area contributed by atoms with Crippen LogP contribution in [0.3, 0.4) is 0 Å². The van der Waals surface area contributed by atoms with Crippen molar-refractivity contribution < 1.29 is 4.79 Å². The summed E-state index contributed by atoms with van der Waals surface area (Å²) in [6.07, 6.45) is 7.92. The molecule has 0 spiro atoms. The summed E-state index contributed by atoms with van der Waals surface area (Å²) in [4.78, 5) is 16.4. The van der Waals surface area contributed by atoms with Crippen molar-refractivity contribution in [3.8, 4) is 0 Å². The van der Waals surface area contributed by atoms with Gasteiger partial charge in [-0.05, 0) is 11.3 Å². The van der Waals surface area contributed by atoms with E-state index in [9.17, 15) is 4.79 Å².